The van der Waals surface area contributed by atoms with E-state index in [1.807, 2.05) is 6.07 Å². The number of phenols is 1. The molecule has 0 amide bonds. The van der Waals surface area contributed by atoms with Crippen LogP contribution in [-0.4, -0.2) is 31.3 Å². The zero-order valence-corrected chi connectivity index (χ0v) is 19.3. The van der Waals surface area contributed by atoms with E-state index >= 15 is 0 Å². The number of phenolic OH excluding ortho intramolecular Hbond substituents is 1. The number of rotatable bonds is 4. The minimum atomic E-state index is -1.01. The summed E-state index contributed by atoms with van der Waals surface area (Å²) in [6, 6.07) is 13.4. The van der Waals surface area contributed by atoms with E-state index in [9.17, 15) is 20.0 Å². The van der Waals surface area contributed by atoms with Crippen LogP contribution in [0.1, 0.15) is 11.5 Å². The number of allylic oxidation sites excluding steroid dienone is 1. The number of nitriles is 1. The third kappa shape index (κ3) is 3.90. The van der Waals surface area contributed by atoms with Crippen molar-refractivity contribution in [3.8, 4) is 11.8 Å². The van der Waals surface area contributed by atoms with Gasteiger partial charge in [-0.3, -0.25) is 4.90 Å². The van der Waals surface area contributed by atoms with Gasteiger partial charge in [-0.25, -0.2) is 9.59 Å². The highest BCUT2D eigenvalue weighted by molar-refractivity contribution is 9.10. The number of hydrogen-bond acceptors (Lipinski definition) is 8. The number of halogens is 2. The lowest BCUT2D eigenvalue weighted by Crippen LogP contribution is -2.40. The molecule has 1 aliphatic heterocycles. The molecule has 10 heteroatoms. The summed E-state index contributed by atoms with van der Waals surface area (Å²) < 4.78 is 10.1. The zero-order valence-electron chi connectivity index (χ0n) is 16.9. The highest BCUT2D eigenvalue weighted by Crippen LogP contribution is 2.47. The predicted molar refractivity (Wildman–Crippen MR) is 120 cm³/mol. The first-order chi connectivity index (χ1) is 15.3. The van der Waals surface area contributed by atoms with Crippen LogP contribution in [0.5, 0.6) is 5.75 Å². The summed E-state index contributed by atoms with van der Waals surface area (Å²) in [6.45, 7) is 0. The summed E-state index contributed by atoms with van der Waals surface area (Å²) >= 11 is 9.35. The van der Waals surface area contributed by atoms with Gasteiger partial charge in [0, 0.05) is 5.02 Å². The lowest BCUT2D eigenvalue weighted by atomic mass is 9.81. The van der Waals surface area contributed by atoms with E-state index in [1.54, 1.807) is 30.3 Å². The number of aromatic hydroxyl groups is 1. The molecule has 0 bridgehead atoms. The molecule has 0 radical (unpaired) electrons. The monoisotopic (exact) mass is 517 g/mol. The largest absolute Gasteiger partial charge is 0.505 e. The Kier molecular flexibility index (Phi) is 6.77. The van der Waals surface area contributed by atoms with Crippen LogP contribution in [-0.2, 0) is 19.1 Å². The van der Waals surface area contributed by atoms with Crippen LogP contribution < -0.4 is 10.6 Å². The summed E-state index contributed by atoms with van der Waals surface area (Å²) in [5.74, 6) is -3.31. The molecular weight excluding hydrogens is 502 g/mol. The number of esters is 2. The first-order valence-corrected chi connectivity index (χ1v) is 10.3. The summed E-state index contributed by atoms with van der Waals surface area (Å²) in [5, 5.41) is 20.9. The molecule has 1 heterocycles. The topological polar surface area (TPSA) is 126 Å². The minimum absolute atomic E-state index is 0.0280. The van der Waals surface area contributed by atoms with Crippen molar-refractivity contribution in [1.29, 1.82) is 5.26 Å². The quantitative estimate of drug-likeness (QED) is 0.587. The molecule has 2 aromatic rings. The van der Waals surface area contributed by atoms with E-state index < -0.39 is 17.9 Å². The van der Waals surface area contributed by atoms with Crippen molar-refractivity contribution < 1.29 is 24.2 Å². The number of methoxy groups -OCH3 is 2. The third-order valence-corrected chi connectivity index (χ3v) is 5.68. The van der Waals surface area contributed by atoms with Crippen molar-refractivity contribution >= 4 is 45.2 Å². The van der Waals surface area contributed by atoms with Gasteiger partial charge in [0.2, 0.25) is 0 Å². The van der Waals surface area contributed by atoms with Gasteiger partial charge in [0.05, 0.1) is 47.5 Å². The highest BCUT2D eigenvalue weighted by Gasteiger charge is 2.43. The first-order valence-electron chi connectivity index (χ1n) is 9.10. The average molecular weight is 519 g/mol. The van der Waals surface area contributed by atoms with Gasteiger partial charge in [-0.1, -0.05) is 41.9 Å². The standard InChI is InChI=1S/C22H17BrClN3O5/c1-31-21(29)17-16(11-6-4-3-5-7-11)13(10-25)20(26)27(18(17)22(30)32-2)15-9-12(24)8-14(23)19(15)28/h3-9,16,28H,26H2,1-2H3. The highest BCUT2D eigenvalue weighted by atomic mass is 79.9. The van der Waals surface area contributed by atoms with Gasteiger partial charge in [0.1, 0.15) is 11.5 Å². The molecule has 1 aliphatic rings. The number of anilines is 1. The molecule has 3 rings (SSSR count). The van der Waals surface area contributed by atoms with E-state index in [0.717, 1.165) is 19.1 Å². The number of nitrogens with zero attached hydrogens (tertiary/aromatic N) is 2. The molecule has 32 heavy (non-hydrogen) atoms. The van der Waals surface area contributed by atoms with Crippen molar-refractivity contribution in [1.82, 2.24) is 0 Å². The zero-order chi connectivity index (χ0) is 23.6. The van der Waals surface area contributed by atoms with Crippen LogP contribution in [0.2, 0.25) is 5.02 Å². The second kappa shape index (κ2) is 9.34. The number of ether oxygens (including phenoxy) is 2. The van der Waals surface area contributed by atoms with Crippen LogP contribution in [0.25, 0.3) is 0 Å². The number of hydrogen-bond donors (Lipinski definition) is 2. The Labute approximate surface area is 197 Å². The molecule has 2 aromatic carbocycles. The van der Waals surface area contributed by atoms with Crippen LogP contribution in [0.3, 0.4) is 0 Å². The molecule has 8 nitrogen and oxygen atoms in total. The third-order valence-electron chi connectivity index (χ3n) is 4.86. The van der Waals surface area contributed by atoms with E-state index in [-0.39, 0.29) is 43.6 Å². The molecule has 0 spiro atoms. The van der Waals surface area contributed by atoms with Crippen LogP contribution in [0.15, 0.2) is 69.6 Å². The molecule has 164 valence electrons. The second-order valence-corrected chi connectivity index (χ2v) is 7.88. The lowest BCUT2D eigenvalue weighted by Gasteiger charge is -2.36. The van der Waals surface area contributed by atoms with Crippen molar-refractivity contribution in [3.63, 3.8) is 0 Å². The van der Waals surface area contributed by atoms with Crippen LogP contribution >= 0.6 is 27.5 Å². The molecule has 0 saturated carbocycles. The van der Waals surface area contributed by atoms with Gasteiger partial charge >= 0.3 is 11.9 Å². The Bertz CT molecular complexity index is 1200. The summed E-state index contributed by atoms with van der Waals surface area (Å²) in [5.41, 5.74) is 6.35. The smallest absolute Gasteiger partial charge is 0.355 e. The average Bonchev–Trinajstić information content (AvgIpc) is 2.80. The molecule has 0 saturated heterocycles. The van der Waals surface area contributed by atoms with Crippen molar-refractivity contribution in [2.75, 3.05) is 19.1 Å². The first kappa shape index (κ1) is 23.2. The predicted octanol–water partition coefficient (Wildman–Crippen LogP) is 3.71. The second-order valence-electron chi connectivity index (χ2n) is 6.59. The van der Waals surface area contributed by atoms with Gasteiger partial charge in [-0.2, -0.15) is 5.26 Å². The SMILES string of the molecule is COC(=O)C1=C(C(=O)OC)N(c2cc(Cl)cc(Br)c2O)C(N)=C(C#N)C1c1ccccc1. The van der Waals surface area contributed by atoms with Gasteiger partial charge < -0.3 is 20.3 Å². The van der Waals surface area contributed by atoms with Crippen molar-refractivity contribution in [2.45, 2.75) is 5.92 Å². The Morgan fingerprint density at radius 3 is 2.38 bits per heavy atom. The van der Waals surface area contributed by atoms with E-state index in [4.69, 9.17) is 26.8 Å². The van der Waals surface area contributed by atoms with Crippen LogP contribution in [0.4, 0.5) is 5.69 Å². The van der Waals surface area contributed by atoms with E-state index in [2.05, 4.69) is 15.9 Å². The molecule has 1 atom stereocenters. The van der Waals surface area contributed by atoms with Gasteiger partial charge in [0.25, 0.3) is 0 Å². The number of nitrogens with two attached hydrogens (primary N) is 1. The van der Waals surface area contributed by atoms with E-state index in [0.29, 0.717) is 5.56 Å². The van der Waals surface area contributed by atoms with Gasteiger partial charge in [-0.15, -0.1) is 0 Å². The molecule has 0 aliphatic carbocycles. The maximum absolute atomic E-state index is 13.0. The fourth-order valence-electron chi connectivity index (χ4n) is 3.49. The summed E-state index contributed by atoms with van der Waals surface area (Å²) in [7, 11) is 2.28. The number of carbonyl (C=O) groups is 2. The number of benzene rings is 2. The minimum Gasteiger partial charge on any atom is -0.505 e. The van der Waals surface area contributed by atoms with Crippen molar-refractivity contribution in [3.05, 3.63) is 80.2 Å². The molecule has 1 unspecified atom stereocenters. The normalized spacial score (nSPS) is 16.0. The maximum atomic E-state index is 13.0. The molecular formula is C22H17BrClN3O5. The summed E-state index contributed by atoms with van der Waals surface area (Å²) in [6.07, 6.45) is 0. The Hall–Kier alpha value is -3.48. The molecule has 0 fully saturated rings. The lowest BCUT2D eigenvalue weighted by molar-refractivity contribution is -0.139. The molecule has 3 N–H and O–H groups in total. The Morgan fingerprint density at radius 1 is 1.19 bits per heavy atom. The van der Waals surface area contributed by atoms with Crippen LogP contribution in [0, 0.1) is 11.3 Å². The maximum Gasteiger partial charge on any atom is 0.355 e. The van der Waals surface area contributed by atoms with E-state index in [1.165, 1.54) is 12.1 Å². The fourth-order valence-corrected chi connectivity index (χ4v) is 4.28. The summed E-state index contributed by atoms with van der Waals surface area (Å²) in [4.78, 5) is 27.0. The Balaban J connectivity index is 2.47. The van der Waals surface area contributed by atoms with Crippen molar-refractivity contribution in [2.24, 2.45) is 5.73 Å². The van der Waals surface area contributed by atoms with Gasteiger partial charge in [-0.05, 0) is 33.6 Å². The fraction of sp³-hybridized carbons (Fsp3) is 0.136. The Morgan fingerprint density at radius 2 is 1.81 bits per heavy atom. The molecule has 0 aromatic heterocycles. The van der Waals surface area contributed by atoms with Gasteiger partial charge in [0.15, 0.2) is 5.75 Å². The number of carbonyl (C=O) groups excluding carboxylic acids is 2.